The first-order valence-electron chi connectivity index (χ1n) is 6.01. The van der Waals surface area contributed by atoms with Gasteiger partial charge in [0, 0.05) is 6.42 Å². The smallest absolute Gasteiger partial charge is 0.169 e. The first kappa shape index (κ1) is 13.1. The maximum Gasteiger partial charge on any atom is 0.169 e. The van der Waals surface area contributed by atoms with Gasteiger partial charge in [-0.05, 0) is 29.8 Å². The van der Waals surface area contributed by atoms with Crippen LogP contribution < -0.4 is 0 Å². The third kappa shape index (κ3) is 2.32. The molecule has 3 heteroatoms. The first-order valence-corrected chi connectivity index (χ1v) is 6.01. The number of rotatable bonds is 4. The Kier molecular flexibility index (Phi) is 3.56. The van der Waals surface area contributed by atoms with Crippen LogP contribution in [0.5, 0.6) is 5.75 Å². The van der Waals surface area contributed by atoms with Gasteiger partial charge in [0.05, 0.1) is 18.3 Å². The van der Waals surface area contributed by atoms with Gasteiger partial charge in [0.25, 0.3) is 0 Å². The number of hydrogen-bond donors (Lipinski definition) is 1. The topological polar surface area (TPSA) is 46.5 Å². The third-order valence-corrected chi connectivity index (χ3v) is 3.39. The SMILES string of the molecule is C=CC(=O)C1(c2ccc(O)cc2)C=CC=C(OC)C1. The molecule has 0 aliphatic heterocycles. The van der Waals surface area contributed by atoms with Gasteiger partial charge in [-0.15, -0.1) is 0 Å². The standard InChI is InChI=1S/C16H16O3/c1-3-15(18)16(10-4-5-14(11-16)19-2)12-6-8-13(17)9-7-12/h3-10,17H,1,11H2,2H3. The van der Waals surface area contributed by atoms with Crippen molar-refractivity contribution in [1.82, 2.24) is 0 Å². The zero-order valence-electron chi connectivity index (χ0n) is 10.8. The molecule has 0 saturated carbocycles. The summed E-state index contributed by atoms with van der Waals surface area (Å²) in [6.45, 7) is 3.58. The lowest BCUT2D eigenvalue weighted by atomic mass is 9.71. The Balaban J connectivity index is 2.51. The molecule has 0 fully saturated rings. The highest BCUT2D eigenvalue weighted by molar-refractivity contribution is 6.01. The average molecular weight is 256 g/mol. The van der Waals surface area contributed by atoms with Crippen LogP contribution in [0.4, 0.5) is 0 Å². The molecule has 1 unspecified atom stereocenters. The molecular formula is C16H16O3. The van der Waals surface area contributed by atoms with Crippen LogP contribution in [0, 0.1) is 0 Å². The molecule has 1 aliphatic rings. The Morgan fingerprint density at radius 3 is 2.68 bits per heavy atom. The zero-order valence-corrected chi connectivity index (χ0v) is 10.8. The maximum absolute atomic E-state index is 12.3. The molecule has 0 radical (unpaired) electrons. The van der Waals surface area contributed by atoms with Gasteiger partial charge in [0.1, 0.15) is 5.75 Å². The number of phenolic OH excluding ortho intramolecular Hbond substituents is 1. The predicted octanol–water partition coefficient (Wildman–Crippen LogP) is 2.88. The van der Waals surface area contributed by atoms with E-state index in [9.17, 15) is 9.90 Å². The minimum atomic E-state index is -0.796. The van der Waals surface area contributed by atoms with E-state index in [0.717, 1.165) is 11.3 Å². The van der Waals surface area contributed by atoms with E-state index in [1.54, 1.807) is 31.4 Å². The second-order valence-electron chi connectivity index (χ2n) is 4.46. The summed E-state index contributed by atoms with van der Waals surface area (Å²) >= 11 is 0. The molecule has 1 aliphatic carbocycles. The van der Waals surface area contributed by atoms with E-state index in [-0.39, 0.29) is 11.5 Å². The molecule has 0 saturated heterocycles. The summed E-state index contributed by atoms with van der Waals surface area (Å²) in [6, 6.07) is 6.65. The summed E-state index contributed by atoms with van der Waals surface area (Å²) in [7, 11) is 1.59. The number of carbonyl (C=O) groups excluding carboxylic acids is 1. The van der Waals surface area contributed by atoms with Crippen molar-refractivity contribution in [2.45, 2.75) is 11.8 Å². The lowest BCUT2D eigenvalue weighted by Gasteiger charge is -2.31. The quantitative estimate of drug-likeness (QED) is 0.842. The van der Waals surface area contributed by atoms with Gasteiger partial charge in [0.2, 0.25) is 0 Å². The minimum Gasteiger partial charge on any atom is -0.508 e. The number of benzene rings is 1. The fraction of sp³-hybridized carbons (Fsp3) is 0.188. The van der Waals surface area contributed by atoms with Crippen molar-refractivity contribution in [2.75, 3.05) is 7.11 Å². The second kappa shape index (κ2) is 5.14. The van der Waals surface area contributed by atoms with E-state index in [2.05, 4.69) is 6.58 Å². The molecule has 0 bridgehead atoms. The summed E-state index contributed by atoms with van der Waals surface area (Å²) in [5.74, 6) is 0.829. The summed E-state index contributed by atoms with van der Waals surface area (Å²) in [5.41, 5.74) is 0.0179. The van der Waals surface area contributed by atoms with Gasteiger partial charge in [0.15, 0.2) is 5.78 Å². The van der Waals surface area contributed by atoms with Crippen molar-refractivity contribution < 1.29 is 14.6 Å². The Labute approximate surface area is 112 Å². The molecule has 1 aromatic rings. The number of phenols is 1. The number of aromatic hydroxyl groups is 1. The molecule has 1 N–H and O–H groups in total. The molecule has 0 spiro atoms. The van der Waals surface area contributed by atoms with Crippen LogP contribution in [0.1, 0.15) is 12.0 Å². The summed E-state index contributed by atoms with van der Waals surface area (Å²) in [4.78, 5) is 12.3. The second-order valence-corrected chi connectivity index (χ2v) is 4.46. The predicted molar refractivity (Wildman–Crippen MR) is 73.8 cm³/mol. The third-order valence-electron chi connectivity index (χ3n) is 3.39. The number of ether oxygens (including phenoxy) is 1. The number of carbonyl (C=O) groups is 1. The van der Waals surface area contributed by atoms with Crippen LogP contribution in [0.2, 0.25) is 0 Å². The van der Waals surface area contributed by atoms with Crippen LogP contribution >= 0.6 is 0 Å². The van der Waals surface area contributed by atoms with Crippen LogP contribution in [0.3, 0.4) is 0 Å². The van der Waals surface area contributed by atoms with Crippen molar-refractivity contribution in [2.24, 2.45) is 0 Å². The van der Waals surface area contributed by atoms with Crippen molar-refractivity contribution in [3.05, 3.63) is 66.5 Å². The Bertz CT molecular complexity index is 552. The van der Waals surface area contributed by atoms with Crippen molar-refractivity contribution in [3.8, 4) is 5.75 Å². The molecule has 3 nitrogen and oxygen atoms in total. The van der Waals surface area contributed by atoms with Crippen LogP contribution in [0.25, 0.3) is 0 Å². The molecule has 98 valence electrons. The monoisotopic (exact) mass is 256 g/mol. The van der Waals surface area contributed by atoms with Crippen molar-refractivity contribution in [3.63, 3.8) is 0 Å². The van der Waals surface area contributed by atoms with Gasteiger partial charge in [-0.3, -0.25) is 4.79 Å². The lowest BCUT2D eigenvalue weighted by molar-refractivity contribution is -0.118. The van der Waals surface area contributed by atoms with Gasteiger partial charge < -0.3 is 9.84 Å². The summed E-state index contributed by atoms with van der Waals surface area (Å²) in [5, 5.41) is 9.37. The number of hydrogen-bond acceptors (Lipinski definition) is 3. The minimum absolute atomic E-state index is 0.0860. The van der Waals surface area contributed by atoms with E-state index < -0.39 is 5.41 Å². The summed E-state index contributed by atoms with van der Waals surface area (Å²) in [6.07, 6.45) is 7.29. The van der Waals surface area contributed by atoms with E-state index in [1.807, 2.05) is 18.2 Å². The highest BCUT2D eigenvalue weighted by Gasteiger charge is 2.38. The van der Waals surface area contributed by atoms with Gasteiger partial charge >= 0.3 is 0 Å². The summed E-state index contributed by atoms with van der Waals surface area (Å²) < 4.78 is 5.26. The molecule has 0 amide bonds. The highest BCUT2D eigenvalue weighted by atomic mass is 16.5. The van der Waals surface area contributed by atoms with Gasteiger partial charge in [-0.1, -0.05) is 30.9 Å². The molecular weight excluding hydrogens is 240 g/mol. The molecule has 19 heavy (non-hydrogen) atoms. The van der Waals surface area contributed by atoms with Gasteiger partial charge in [-0.2, -0.15) is 0 Å². The molecule has 2 rings (SSSR count). The Hall–Kier alpha value is -2.29. The lowest BCUT2D eigenvalue weighted by Crippen LogP contribution is -2.34. The highest BCUT2D eigenvalue weighted by Crippen LogP contribution is 2.37. The molecule has 0 heterocycles. The average Bonchev–Trinajstić information content (AvgIpc) is 2.47. The van der Waals surface area contributed by atoms with Crippen molar-refractivity contribution in [1.29, 1.82) is 0 Å². The van der Waals surface area contributed by atoms with Crippen LogP contribution in [-0.4, -0.2) is 18.0 Å². The molecule has 1 atom stereocenters. The maximum atomic E-state index is 12.3. The number of allylic oxidation sites excluding steroid dienone is 5. The largest absolute Gasteiger partial charge is 0.508 e. The van der Waals surface area contributed by atoms with E-state index >= 15 is 0 Å². The Morgan fingerprint density at radius 2 is 2.11 bits per heavy atom. The molecule has 1 aromatic carbocycles. The number of methoxy groups -OCH3 is 1. The zero-order chi connectivity index (χ0) is 13.9. The molecule has 0 aromatic heterocycles. The van der Waals surface area contributed by atoms with Crippen molar-refractivity contribution >= 4 is 5.78 Å². The fourth-order valence-electron chi connectivity index (χ4n) is 2.30. The van der Waals surface area contributed by atoms with E-state index in [4.69, 9.17) is 4.74 Å². The van der Waals surface area contributed by atoms with Gasteiger partial charge in [-0.25, -0.2) is 0 Å². The fourth-order valence-corrected chi connectivity index (χ4v) is 2.30. The normalized spacial score (nSPS) is 21.6. The van der Waals surface area contributed by atoms with Crippen LogP contribution in [-0.2, 0) is 14.9 Å². The van der Waals surface area contributed by atoms with E-state index in [1.165, 1.54) is 6.08 Å². The number of ketones is 1. The Morgan fingerprint density at radius 1 is 1.42 bits per heavy atom. The first-order chi connectivity index (χ1) is 9.12. The van der Waals surface area contributed by atoms with Crippen LogP contribution in [0.15, 0.2) is 60.9 Å². The van der Waals surface area contributed by atoms with E-state index in [0.29, 0.717) is 6.42 Å².